The average molecular weight is 202 g/mol. The number of aliphatic hydroxyl groups is 1. The Morgan fingerprint density at radius 3 is 2.85 bits per heavy atom. The lowest BCUT2D eigenvalue weighted by molar-refractivity contribution is 0.281. The molecule has 1 aromatic heterocycles. The molecule has 2 N–H and O–H groups in total. The highest BCUT2D eigenvalue weighted by Crippen LogP contribution is 2.11. The second kappa shape index (κ2) is 4.39. The third kappa shape index (κ3) is 3.16. The summed E-state index contributed by atoms with van der Waals surface area (Å²) in [5, 5.41) is 12.2. The van der Waals surface area contributed by atoms with Crippen molar-refractivity contribution in [2.75, 3.05) is 11.9 Å². The van der Waals surface area contributed by atoms with Crippen LogP contribution in [0, 0.1) is 6.92 Å². The first-order valence-electron chi connectivity index (χ1n) is 4.00. The molecule has 0 aromatic carbocycles. The second-order valence-corrected chi connectivity index (χ2v) is 3.24. The molecule has 1 rings (SSSR count). The Morgan fingerprint density at radius 2 is 2.31 bits per heavy atom. The molecule has 13 heavy (non-hydrogen) atoms. The van der Waals surface area contributed by atoms with Gasteiger partial charge in [-0.05, 0) is 13.8 Å². The van der Waals surface area contributed by atoms with Gasteiger partial charge in [-0.3, -0.25) is 0 Å². The van der Waals surface area contributed by atoms with Gasteiger partial charge in [0.25, 0.3) is 0 Å². The van der Waals surface area contributed by atoms with Crippen molar-refractivity contribution in [3.63, 3.8) is 0 Å². The number of nitrogens with one attached hydrogen (secondary N) is 1. The quantitative estimate of drug-likeness (QED) is 0.723. The molecule has 5 heteroatoms. The fourth-order valence-corrected chi connectivity index (χ4v) is 1.13. The van der Waals surface area contributed by atoms with Crippen molar-refractivity contribution in [3.8, 4) is 0 Å². The molecule has 1 aromatic rings. The van der Waals surface area contributed by atoms with Crippen molar-refractivity contribution in [1.82, 2.24) is 9.97 Å². The van der Waals surface area contributed by atoms with E-state index in [1.54, 1.807) is 13.0 Å². The third-order valence-electron chi connectivity index (χ3n) is 1.47. The summed E-state index contributed by atoms with van der Waals surface area (Å²) in [5.41, 5.74) is 0. The van der Waals surface area contributed by atoms with Crippen LogP contribution in [0.4, 0.5) is 5.82 Å². The summed E-state index contributed by atoms with van der Waals surface area (Å²) in [4.78, 5) is 8.02. The van der Waals surface area contributed by atoms with Gasteiger partial charge in [0.1, 0.15) is 16.8 Å². The van der Waals surface area contributed by atoms with E-state index in [9.17, 15) is 0 Å². The normalized spacial score (nSPS) is 12.6. The molecule has 0 aliphatic heterocycles. The molecule has 1 atom stereocenters. The van der Waals surface area contributed by atoms with E-state index in [1.165, 1.54) is 0 Å². The highest BCUT2D eigenvalue weighted by molar-refractivity contribution is 6.29. The first-order chi connectivity index (χ1) is 6.11. The number of halogens is 1. The van der Waals surface area contributed by atoms with Crippen LogP contribution in [-0.4, -0.2) is 27.7 Å². The van der Waals surface area contributed by atoms with E-state index in [-0.39, 0.29) is 12.6 Å². The van der Waals surface area contributed by atoms with E-state index < -0.39 is 0 Å². The van der Waals surface area contributed by atoms with Crippen LogP contribution < -0.4 is 5.32 Å². The van der Waals surface area contributed by atoms with Crippen molar-refractivity contribution >= 4 is 17.4 Å². The molecule has 0 spiro atoms. The molecule has 0 aliphatic rings. The van der Waals surface area contributed by atoms with Gasteiger partial charge in [-0.2, -0.15) is 0 Å². The van der Waals surface area contributed by atoms with E-state index in [0.717, 1.165) is 0 Å². The number of aryl methyl sites for hydroxylation is 1. The van der Waals surface area contributed by atoms with Gasteiger partial charge in [-0.25, -0.2) is 9.97 Å². The number of rotatable bonds is 3. The van der Waals surface area contributed by atoms with E-state index in [4.69, 9.17) is 16.7 Å². The Labute approximate surface area is 82.0 Å². The zero-order valence-corrected chi connectivity index (χ0v) is 8.34. The van der Waals surface area contributed by atoms with Crippen molar-refractivity contribution in [2.24, 2.45) is 0 Å². The minimum absolute atomic E-state index is 0.0367. The second-order valence-electron chi connectivity index (χ2n) is 2.85. The van der Waals surface area contributed by atoms with Crippen LogP contribution in [0.5, 0.6) is 0 Å². The third-order valence-corrected chi connectivity index (χ3v) is 1.67. The number of aliphatic hydroxyl groups excluding tert-OH is 1. The van der Waals surface area contributed by atoms with E-state index in [1.807, 2.05) is 6.92 Å². The smallest absolute Gasteiger partial charge is 0.134 e. The van der Waals surface area contributed by atoms with Crippen LogP contribution in [0.2, 0.25) is 5.15 Å². The number of anilines is 1. The summed E-state index contributed by atoms with van der Waals surface area (Å²) >= 11 is 5.72. The first kappa shape index (κ1) is 10.2. The summed E-state index contributed by atoms with van der Waals surface area (Å²) in [7, 11) is 0. The highest BCUT2D eigenvalue weighted by atomic mass is 35.5. The Balaban J connectivity index is 2.77. The van der Waals surface area contributed by atoms with Crippen LogP contribution in [0.1, 0.15) is 12.7 Å². The molecule has 0 unspecified atom stereocenters. The van der Waals surface area contributed by atoms with Crippen LogP contribution in [0.25, 0.3) is 0 Å². The molecule has 0 fully saturated rings. The van der Waals surface area contributed by atoms with Gasteiger partial charge in [0, 0.05) is 12.1 Å². The molecule has 0 saturated carbocycles. The molecule has 1 heterocycles. The molecule has 0 amide bonds. The SMILES string of the molecule is Cc1nc(Cl)cc(N[C@@H](C)CO)n1. The number of aromatic nitrogens is 2. The standard InChI is InChI=1S/C8H12ClN3O/c1-5(4-13)10-8-3-7(9)11-6(2)12-8/h3,5,13H,4H2,1-2H3,(H,10,11,12)/t5-/m0/s1. The van der Waals surface area contributed by atoms with Crippen LogP contribution >= 0.6 is 11.6 Å². The van der Waals surface area contributed by atoms with E-state index in [0.29, 0.717) is 16.8 Å². The zero-order valence-electron chi connectivity index (χ0n) is 7.58. The van der Waals surface area contributed by atoms with Crippen molar-refractivity contribution in [3.05, 3.63) is 17.0 Å². The van der Waals surface area contributed by atoms with Gasteiger partial charge in [-0.1, -0.05) is 11.6 Å². The van der Waals surface area contributed by atoms with E-state index in [2.05, 4.69) is 15.3 Å². The fourth-order valence-electron chi connectivity index (χ4n) is 0.903. The molecule has 0 bridgehead atoms. The maximum absolute atomic E-state index is 8.80. The van der Waals surface area contributed by atoms with Gasteiger partial charge in [-0.15, -0.1) is 0 Å². The Kier molecular flexibility index (Phi) is 3.45. The van der Waals surface area contributed by atoms with Gasteiger partial charge in [0.2, 0.25) is 0 Å². The molecule has 0 aliphatic carbocycles. The van der Waals surface area contributed by atoms with Gasteiger partial charge < -0.3 is 10.4 Å². The van der Waals surface area contributed by atoms with E-state index >= 15 is 0 Å². The van der Waals surface area contributed by atoms with Gasteiger partial charge >= 0.3 is 0 Å². The highest BCUT2D eigenvalue weighted by Gasteiger charge is 2.03. The number of hydrogen-bond acceptors (Lipinski definition) is 4. The summed E-state index contributed by atoms with van der Waals surface area (Å²) in [6, 6.07) is 1.59. The molecule has 0 radical (unpaired) electrons. The predicted molar refractivity (Wildman–Crippen MR) is 51.9 cm³/mol. The van der Waals surface area contributed by atoms with Crippen LogP contribution in [0.15, 0.2) is 6.07 Å². The molecule has 72 valence electrons. The lowest BCUT2D eigenvalue weighted by atomic mass is 10.3. The molecule has 0 saturated heterocycles. The summed E-state index contributed by atoms with van der Waals surface area (Å²) in [6.07, 6.45) is 0. The topological polar surface area (TPSA) is 58.0 Å². The van der Waals surface area contributed by atoms with Crippen molar-refractivity contribution in [1.29, 1.82) is 0 Å². The van der Waals surface area contributed by atoms with Crippen LogP contribution in [0.3, 0.4) is 0 Å². The zero-order chi connectivity index (χ0) is 9.84. The molecular weight excluding hydrogens is 190 g/mol. The lowest BCUT2D eigenvalue weighted by Gasteiger charge is -2.11. The largest absolute Gasteiger partial charge is 0.394 e. The minimum Gasteiger partial charge on any atom is -0.394 e. The lowest BCUT2D eigenvalue weighted by Crippen LogP contribution is -2.20. The van der Waals surface area contributed by atoms with Gasteiger partial charge in [0.15, 0.2) is 0 Å². The average Bonchev–Trinajstić information content (AvgIpc) is 2.02. The number of nitrogens with zero attached hydrogens (tertiary/aromatic N) is 2. The maximum Gasteiger partial charge on any atom is 0.134 e. The van der Waals surface area contributed by atoms with Crippen molar-refractivity contribution in [2.45, 2.75) is 19.9 Å². The molecular formula is C8H12ClN3O. The molecule has 4 nitrogen and oxygen atoms in total. The summed E-state index contributed by atoms with van der Waals surface area (Å²) < 4.78 is 0. The number of hydrogen-bond donors (Lipinski definition) is 2. The summed E-state index contributed by atoms with van der Waals surface area (Å²) in [6.45, 7) is 3.67. The first-order valence-corrected chi connectivity index (χ1v) is 4.38. The Bertz CT molecular complexity index is 272. The van der Waals surface area contributed by atoms with Gasteiger partial charge in [0.05, 0.1) is 6.61 Å². The van der Waals surface area contributed by atoms with Crippen molar-refractivity contribution < 1.29 is 5.11 Å². The predicted octanol–water partition coefficient (Wildman–Crippen LogP) is 1.23. The fraction of sp³-hybridized carbons (Fsp3) is 0.500. The van der Waals surface area contributed by atoms with Crippen LogP contribution in [-0.2, 0) is 0 Å². The monoisotopic (exact) mass is 201 g/mol. The Hall–Kier alpha value is -0.870. The minimum atomic E-state index is -0.0367. The maximum atomic E-state index is 8.80. The Morgan fingerprint density at radius 1 is 1.62 bits per heavy atom. The summed E-state index contributed by atoms with van der Waals surface area (Å²) in [5.74, 6) is 1.25.